The molecule has 0 aromatic rings. The van der Waals surface area contributed by atoms with Crippen molar-refractivity contribution in [3.05, 3.63) is 0 Å². The van der Waals surface area contributed by atoms with E-state index >= 15 is 0 Å². The number of hydrogen-bond donors (Lipinski definition) is 3. The van der Waals surface area contributed by atoms with Crippen LogP contribution in [0.1, 0.15) is 0 Å². The molecule has 0 bridgehead atoms. The van der Waals surface area contributed by atoms with E-state index in [1.807, 2.05) is 0 Å². The molecule has 0 aliphatic rings. The Morgan fingerprint density at radius 1 is 1.09 bits per heavy atom. The predicted octanol–water partition coefficient (Wildman–Crippen LogP) is -0.781. The van der Waals surface area contributed by atoms with Gasteiger partial charge in [0.2, 0.25) is 0 Å². The molecule has 6 heteroatoms. The summed E-state index contributed by atoms with van der Waals surface area (Å²) in [5.41, 5.74) is 10.1. The summed E-state index contributed by atoms with van der Waals surface area (Å²) in [6.45, 7) is 0.974. The second kappa shape index (κ2) is 9.15. The third-order valence-corrected chi connectivity index (χ3v) is 0.676. The molecular weight excluding hydrogens is 150 g/mol. The molecule has 0 aromatic carbocycles. The molecule has 0 heterocycles. The van der Waals surface area contributed by atoms with E-state index in [9.17, 15) is 4.79 Å². The van der Waals surface area contributed by atoms with Crippen LogP contribution in [0.2, 0.25) is 0 Å². The second-order valence-electron chi connectivity index (χ2n) is 1.52. The van der Waals surface area contributed by atoms with Crippen LogP contribution in [-0.4, -0.2) is 32.5 Å². The van der Waals surface area contributed by atoms with Crippen LogP contribution in [0, 0.1) is 0 Å². The predicted molar refractivity (Wildman–Crippen MR) is 40.4 cm³/mol. The summed E-state index contributed by atoms with van der Waals surface area (Å²) in [5.74, 6) is 0. The lowest BCUT2D eigenvalue weighted by atomic mass is 10.7. The van der Waals surface area contributed by atoms with E-state index in [1.165, 1.54) is 0 Å². The molecule has 0 rings (SSSR count). The van der Waals surface area contributed by atoms with Gasteiger partial charge >= 0.3 is 6.16 Å². The molecule has 0 saturated heterocycles. The number of nitrogens with two attached hydrogens (primary N) is 2. The summed E-state index contributed by atoms with van der Waals surface area (Å²) >= 11 is 0. The molecular formula is C5H15N3O3. The molecule has 11 heavy (non-hydrogen) atoms. The standard InChI is InChI=1S/C5H12N2O3.H3N/c6-1-3-9-5(8)10-4-2-7;/h1-4,6-7H2;1H3. The van der Waals surface area contributed by atoms with Gasteiger partial charge < -0.3 is 27.1 Å². The van der Waals surface area contributed by atoms with Crippen molar-refractivity contribution >= 4 is 6.16 Å². The van der Waals surface area contributed by atoms with Gasteiger partial charge in [-0.3, -0.25) is 0 Å². The van der Waals surface area contributed by atoms with Gasteiger partial charge in [0.25, 0.3) is 0 Å². The highest BCUT2D eigenvalue weighted by atomic mass is 16.7. The molecule has 0 saturated carbocycles. The highest BCUT2D eigenvalue weighted by molar-refractivity contribution is 5.59. The first-order chi connectivity index (χ1) is 4.81. The summed E-state index contributed by atoms with van der Waals surface area (Å²) in [5, 5.41) is 0. The van der Waals surface area contributed by atoms with Gasteiger partial charge in [-0.1, -0.05) is 0 Å². The van der Waals surface area contributed by atoms with Crippen molar-refractivity contribution in [3.8, 4) is 0 Å². The van der Waals surface area contributed by atoms with E-state index in [2.05, 4.69) is 9.47 Å². The van der Waals surface area contributed by atoms with Crippen LogP contribution >= 0.6 is 0 Å². The van der Waals surface area contributed by atoms with Crippen molar-refractivity contribution < 1.29 is 14.3 Å². The Balaban J connectivity index is 0. The lowest BCUT2D eigenvalue weighted by molar-refractivity contribution is 0.0596. The zero-order valence-corrected chi connectivity index (χ0v) is 6.41. The molecule has 0 aliphatic heterocycles. The number of rotatable bonds is 4. The SMILES string of the molecule is N.NCCOC(=O)OCCN. The molecule has 0 fully saturated rings. The van der Waals surface area contributed by atoms with Crippen LogP contribution in [0.15, 0.2) is 0 Å². The van der Waals surface area contributed by atoms with Gasteiger partial charge in [0.15, 0.2) is 0 Å². The van der Waals surface area contributed by atoms with Gasteiger partial charge in [0.1, 0.15) is 13.2 Å². The van der Waals surface area contributed by atoms with E-state index in [1.54, 1.807) is 0 Å². The number of carbonyl (C=O) groups is 1. The minimum atomic E-state index is -0.712. The Labute approximate surface area is 65.4 Å². The maximum Gasteiger partial charge on any atom is 0.508 e. The van der Waals surface area contributed by atoms with Crippen LogP contribution in [0.3, 0.4) is 0 Å². The third kappa shape index (κ3) is 9.15. The fourth-order valence-corrected chi connectivity index (χ4v) is 0.326. The fraction of sp³-hybridized carbons (Fsp3) is 0.800. The average molecular weight is 165 g/mol. The first-order valence-corrected chi connectivity index (χ1v) is 3.01. The lowest BCUT2D eigenvalue weighted by Crippen LogP contribution is -2.17. The van der Waals surface area contributed by atoms with Crippen molar-refractivity contribution in [2.45, 2.75) is 0 Å². The average Bonchev–Trinajstić information content (AvgIpc) is 1.97. The fourth-order valence-electron chi connectivity index (χ4n) is 0.326. The van der Waals surface area contributed by atoms with Crippen LogP contribution < -0.4 is 17.6 Å². The Kier molecular flexibility index (Phi) is 10.6. The second-order valence-corrected chi connectivity index (χ2v) is 1.52. The Bertz CT molecular complexity index is 89.0. The molecule has 0 radical (unpaired) electrons. The van der Waals surface area contributed by atoms with Crippen LogP contribution in [0.5, 0.6) is 0 Å². The topological polar surface area (TPSA) is 123 Å². The van der Waals surface area contributed by atoms with Crippen molar-refractivity contribution in [2.75, 3.05) is 26.3 Å². The van der Waals surface area contributed by atoms with Crippen molar-refractivity contribution in [1.82, 2.24) is 6.15 Å². The molecule has 7 N–H and O–H groups in total. The molecule has 0 aromatic heterocycles. The van der Waals surface area contributed by atoms with Crippen LogP contribution in [0.25, 0.3) is 0 Å². The van der Waals surface area contributed by atoms with E-state index in [4.69, 9.17) is 11.5 Å². The van der Waals surface area contributed by atoms with Crippen molar-refractivity contribution in [2.24, 2.45) is 11.5 Å². The van der Waals surface area contributed by atoms with Gasteiger partial charge in [-0.2, -0.15) is 0 Å². The number of ether oxygens (including phenoxy) is 2. The molecule has 0 amide bonds. The smallest absolute Gasteiger partial charge is 0.433 e. The summed E-state index contributed by atoms with van der Waals surface area (Å²) in [7, 11) is 0. The molecule has 0 spiro atoms. The van der Waals surface area contributed by atoms with Gasteiger partial charge in [-0.25, -0.2) is 4.79 Å². The van der Waals surface area contributed by atoms with Crippen molar-refractivity contribution in [1.29, 1.82) is 0 Å². The number of carbonyl (C=O) groups excluding carboxylic acids is 1. The van der Waals surface area contributed by atoms with E-state index in [0.29, 0.717) is 13.1 Å². The van der Waals surface area contributed by atoms with E-state index in [0.717, 1.165) is 0 Å². The normalized spacial score (nSPS) is 8.18. The largest absolute Gasteiger partial charge is 0.508 e. The summed E-state index contributed by atoms with van der Waals surface area (Å²) in [4.78, 5) is 10.4. The zero-order chi connectivity index (χ0) is 7.82. The lowest BCUT2D eigenvalue weighted by Gasteiger charge is -2.02. The molecule has 0 atom stereocenters. The zero-order valence-electron chi connectivity index (χ0n) is 6.41. The minimum absolute atomic E-state index is 0. The van der Waals surface area contributed by atoms with Crippen LogP contribution in [-0.2, 0) is 9.47 Å². The van der Waals surface area contributed by atoms with Gasteiger partial charge in [-0.15, -0.1) is 0 Å². The third-order valence-electron chi connectivity index (χ3n) is 0.676. The highest BCUT2D eigenvalue weighted by Gasteiger charge is 1.99. The van der Waals surface area contributed by atoms with E-state index in [-0.39, 0.29) is 19.4 Å². The summed E-state index contributed by atoms with van der Waals surface area (Å²) < 4.78 is 8.90. The van der Waals surface area contributed by atoms with Gasteiger partial charge in [0.05, 0.1) is 0 Å². The maximum absolute atomic E-state index is 10.4. The van der Waals surface area contributed by atoms with Crippen LogP contribution in [0.4, 0.5) is 4.79 Å². The quantitative estimate of drug-likeness (QED) is 0.469. The summed E-state index contributed by atoms with van der Waals surface area (Å²) in [6.07, 6.45) is -0.712. The van der Waals surface area contributed by atoms with Gasteiger partial charge in [0, 0.05) is 13.1 Å². The molecule has 0 aliphatic carbocycles. The Morgan fingerprint density at radius 2 is 1.45 bits per heavy atom. The highest BCUT2D eigenvalue weighted by Crippen LogP contribution is 1.81. The maximum atomic E-state index is 10.4. The molecule has 0 unspecified atom stereocenters. The van der Waals surface area contributed by atoms with E-state index < -0.39 is 6.16 Å². The Morgan fingerprint density at radius 3 is 1.73 bits per heavy atom. The first kappa shape index (κ1) is 12.8. The summed E-state index contributed by atoms with van der Waals surface area (Å²) in [6, 6.07) is 0. The van der Waals surface area contributed by atoms with Crippen molar-refractivity contribution in [3.63, 3.8) is 0 Å². The first-order valence-electron chi connectivity index (χ1n) is 3.01. The Hall–Kier alpha value is -0.850. The minimum Gasteiger partial charge on any atom is -0.433 e. The monoisotopic (exact) mass is 165 g/mol. The number of hydrogen-bond acceptors (Lipinski definition) is 6. The van der Waals surface area contributed by atoms with Gasteiger partial charge in [-0.05, 0) is 0 Å². The molecule has 68 valence electrons. The molecule has 6 nitrogen and oxygen atoms in total.